The van der Waals surface area contributed by atoms with Gasteiger partial charge in [-0.1, -0.05) is 13.8 Å². The molecule has 1 rings (SSSR count). The van der Waals surface area contributed by atoms with Gasteiger partial charge in [0.05, 0.1) is 5.92 Å². The number of hydrogen-bond donors (Lipinski definition) is 0. The summed E-state index contributed by atoms with van der Waals surface area (Å²) in [6.45, 7) is 6.92. The Kier molecular flexibility index (Phi) is 3.50. The van der Waals surface area contributed by atoms with Gasteiger partial charge in [-0.05, 0) is 20.3 Å². The minimum absolute atomic E-state index is 0.0628. The molecule has 2 atom stereocenters. The Balaban J connectivity index is 2.70. The molecule has 0 aromatic carbocycles. The molecule has 0 saturated heterocycles. The van der Waals surface area contributed by atoms with Crippen molar-refractivity contribution in [3.63, 3.8) is 0 Å². The number of Topliss-reactive ketones (excluding diaryl/α,β-unsaturated/α-hetero) is 1. The van der Waals surface area contributed by atoms with Crippen molar-refractivity contribution in [3.05, 3.63) is 11.5 Å². The number of carbonyl (C=O) groups is 2. The minimum Gasteiger partial charge on any atom is -0.483 e. The normalized spacial score (nSPS) is 22.7. The third-order valence-corrected chi connectivity index (χ3v) is 2.48. The van der Waals surface area contributed by atoms with Crippen LogP contribution in [0.5, 0.6) is 0 Å². The van der Waals surface area contributed by atoms with E-state index < -0.39 is 6.10 Å². The lowest BCUT2D eigenvalue weighted by Crippen LogP contribution is -2.20. The summed E-state index contributed by atoms with van der Waals surface area (Å²) in [5, 5.41) is 0. The van der Waals surface area contributed by atoms with E-state index in [2.05, 4.69) is 0 Å². The van der Waals surface area contributed by atoms with E-state index in [9.17, 15) is 9.59 Å². The maximum atomic E-state index is 11.5. The van der Waals surface area contributed by atoms with Crippen molar-refractivity contribution in [1.82, 2.24) is 0 Å². The zero-order valence-electron chi connectivity index (χ0n) is 9.49. The van der Waals surface area contributed by atoms with Crippen molar-refractivity contribution in [1.29, 1.82) is 0 Å². The second-order valence-corrected chi connectivity index (χ2v) is 3.74. The quantitative estimate of drug-likeness (QED) is 0.669. The number of esters is 1. The second-order valence-electron chi connectivity index (χ2n) is 3.74. The topological polar surface area (TPSA) is 52.6 Å². The maximum absolute atomic E-state index is 11.5. The summed E-state index contributed by atoms with van der Waals surface area (Å²) in [5.74, 6) is -0.381. The summed E-state index contributed by atoms with van der Waals surface area (Å²) in [4.78, 5) is 23.0. The third-order valence-electron chi connectivity index (χ3n) is 2.48. The molecule has 1 aliphatic heterocycles. The summed E-state index contributed by atoms with van der Waals surface area (Å²) < 4.78 is 10.2. The summed E-state index contributed by atoms with van der Waals surface area (Å²) in [5.41, 5.74) is 0. The molecule has 0 aliphatic carbocycles. The highest BCUT2D eigenvalue weighted by Gasteiger charge is 2.33. The van der Waals surface area contributed by atoms with Gasteiger partial charge in [-0.2, -0.15) is 0 Å². The fourth-order valence-electron chi connectivity index (χ4n) is 1.22. The maximum Gasteiger partial charge on any atom is 0.314 e. The fraction of sp³-hybridized carbons (Fsp3) is 0.636. The number of carbonyl (C=O) groups excluding carboxylic acids is 2. The van der Waals surface area contributed by atoms with Crippen LogP contribution in [0.25, 0.3) is 0 Å². The molecule has 2 unspecified atom stereocenters. The first-order valence-corrected chi connectivity index (χ1v) is 5.10. The highest BCUT2D eigenvalue weighted by molar-refractivity contribution is 6.00. The Bertz CT molecular complexity index is 317. The average Bonchev–Trinajstić information content (AvgIpc) is 2.43. The molecule has 0 saturated carbocycles. The first-order valence-electron chi connectivity index (χ1n) is 5.10. The van der Waals surface area contributed by atoms with Gasteiger partial charge < -0.3 is 9.47 Å². The predicted molar refractivity (Wildman–Crippen MR) is 53.8 cm³/mol. The van der Waals surface area contributed by atoms with Crippen molar-refractivity contribution < 1.29 is 19.1 Å². The van der Waals surface area contributed by atoms with E-state index in [0.29, 0.717) is 12.2 Å². The summed E-state index contributed by atoms with van der Waals surface area (Å²) >= 11 is 0. The van der Waals surface area contributed by atoms with E-state index in [0.717, 1.165) is 0 Å². The van der Waals surface area contributed by atoms with E-state index in [-0.39, 0.29) is 23.4 Å². The fourth-order valence-corrected chi connectivity index (χ4v) is 1.22. The van der Waals surface area contributed by atoms with E-state index >= 15 is 0 Å². The molecular formula is C11H16O4. The van der Waals surface area contributed by atoms with Gasteiger partial charge in [0.2, 0.25) is 11.5 Å². The zero-order chi connectivity index (χ0) is 11.6. The number of hydrogen-bond acceptors (Lipinski definition) is 4. The van der Waals surface area contributed by atoms with Crippen LogP contribution in [0.15, 0.2) is 11.5 Å². The van der Waals surface area contributed by atoms with Crippen molar-refractivity contribution >= 4 is 11.8 Å². The molecule has 0 radical (unpaired) electrons. The second kappa shape index (κ2) is 4.47. The number of allylic oxidation sites excluding steroid dienone is 1. The number of ether oxygens (including phenoxy) is 2. The summed E-state index contributed by atoms with van der Waals surface area (Å²) in [6.07, 6.45) is 0.153. The first-order chi connectivity index (χ1) is 6.97. The van der Waals surface area contributed by atoms with Gasteiger partial charge in [0.1, 0.15) is 5.76 Å². The lowest BCUT2D eigenvalue weighted by molar-refractivity contribution is -0.146. The van der Waals surface area contributed by atoms with Crippen molar-refractivity contribution in [2.75, 3.05) is 0 Å². The molecule has 1 aliphatic rings. The lowest BCUT2D eigenvalue weighted by Gasteiger charge is -2.08. The Labute approximate surface area is 89.2 Å². The molecule has 0 spiro atoms. The molecule has 0 amide bonds. The highest BCUT2D eigenvalue weighted by Crippen LogP contribution is 2.23. The van der Waals surface area contributed by atoms with E-state index in [1.807, 2.05) is 6.92 Å². The molecule has 0 bridgehead atoms. The van der Waals surface area contributed by atoms with Gasteiger partial charge in [-0.25, -0.2) is 0 Å². The van der Waals surface area contributed by atoms with Crippen LogP contribution in [0.4, 0.5) is 0 Å². The van der Waals surface area contributed by atoms with Crippen LogP contribution in [0.1, 0.15) is 34.1 Å². The molecule has 0 aromatic rings. The molecular weight excluding hydrogens is 196 g/mol. The van der Waals surface area contributed by atoms with E-state index in [1.54, 1.807) is 20.8 Å². The van der Waals surface area contributed by atoms with Gasteiger partial charge >= 0.3 is 5.97 Å². The van der Waals surface area contributed by atoms with Crippen LogP contribution < -0.4 is 0 Å². The molecule has 0 aromatic heterocycles. The van der Waals surface area contributed by atoms with Gasteiger partial charge in [-0.3, -0.25) is 9.59 Å². The van der Waals surface area contributed by atoms with Crippen LogP contribution in [0.3, 0.4) is 0 Å². The zero-order valence-corrected chi connectivity index (χ0v) is 9.49. The van der Waals surface area contributed by atoms with Crippen LogP contribution in [0.2, 0.25) is 0 Å². The molecule has 1 heterocycles. The largest absolute Gasteiger partial charge is 0.483 e. The Hall–Kier alpha value is -1.32. The van der Waals surface area contributed by atoms with Gasteiger partial charge in [0.25, 0.3) is 0 Å². The van der Waals surface area contributed by atoms with Crippen LogP contribution in [-0.2, 0) is 19.1 Å². The predicted octanol–water partition coefficient (Wildman–Crippen LogP) is 1.79. The molecule has 4 heteroatoms. The Morgan fingerprint density at radius 2 is 2.20 bits per heavy atom. The molecule has 0 fully saturated rings. The average molecular weight is 212 g/mol. The standard InChI is InChI=1S/C11H16O4/c1-5-6(2)11(13)15-10-8(4)14-7(3)9(10)12/h6-7H,5H2,1-4H3. The third kappa shape index (κ3) is 2.37. The molecule has 4 nitrogen and oxygen atoms in total. The number of ketones is 1. The van der Waals surface area contributed by atoms with Gasteiger partial charge in [0, 0.05) is 0 Å². The monoisotopic (exact) mass is 212 g/mol. The SMILES string of the molecule is CCC(C)C(=O)OC1=C(C)OC(C)C1=O. The minimum atomic E-state index is -0.537. The summed E-state index contributed by atoms with van der Waals surface area (Å²) in [6, 6.07) is 0. The van der Waals surface area contributed by atoms with Crippen molar-refractivity contribution in [3.8, 4) is 0 Å². The van der Waals surface area contributed by atoms with Crippen molar-refractivity contribution in [2.45, 2.75) is 40.2 Å². The Morgan fingerprint density at radius 3 is 2.60 bits per heavy atom. The first kappa shape index (κ1) is 11.8. The summed E-state index contributed by atoms with van der Waals surface area (Å²) in [7, 11) is 0. The van der Waals surface area contributed by atoms with E-state index in [1.165, 1.54) is 0 Å². The van der Waals surface area contributed by atoms with Crippen LogP contribution in [-0.4, -0.2) is 17.9 Å². The van der Waals surface area contributed by atoms with Gasteiger partial charge in [0.15, 0.2) is 6.10 Å². The smallest absolute Gasteiger partial charge is 0.314 e. The van der Waals surface area contributed by atoms with Crippen LogP contribution in [0, 0.1) is 5.92 Å². The number of rotatable bonds is 3. The van der Waals surface area contributed by atoms with Crippen LogP contribution >= 0.6 is 0 Å². The highest BCUT2D eigenvalue weighted by atomic mass is 16.6. The molecule has 15 heavy (non-hydrogen) atoms. The van der Waals surface area contributed by atoms with Gasteiger partial charge in [-0.15, -0.1) is 0 Å². The van der Waals surface area contributed by atoms with Crippen molar-refractivity contribution in [2.24, 2.45) is 5.92 Å². The van der Waals surface area contributed by atoms with E-state index in [4.69, 9.17) is 9.47 Å². The molecule has 84 valence electrons. The molecule has 0 N–H and O–H groups in total. The Morgan fingerprint density at radius 1 is 1.60 bits per heavy atom. The lowest BCUT2D eigenvalue weighted by atomic mass is 10.1.